The summed E-state index contributed by atoms with van der Waals surface area (Å²) < 4.78 is 1.85. The number of ketones is 1. The molecule has 0 aliphatic heterocycles. The van der Waals surface area contributed by atoms with Crippen molar-refractivity contribution in [1.29, 1.82) is 0 Å². The molecule has 0 N–H and O–H groups in total. The van der Waals surface area contributed by atoms with Gasteiger partial charge in [-0.3, -0.25) is 9.48 Å². The van der Waals surface area contributed by atoms with Crippen LogP contribution in [0, 0.1) is 5.92 Å². The van der Waals surface area contributed by atoms with Gasteiger partial charge in [-0.2, -0.15) is 5.10 Å². The number of carbonyl (C=O) groups is 1. The molecule has 1 atom stereocenters. The van der Waals surface area contributed by atoms with Crippen molar-refractivity contribution in [2.24, 2.45) is 5.92 Å². The zero-order valence-corrected chi connectivity index (χ0v) is 9.86. The lowest BCUT2D eigenvalue weighted by molar-refractivity contribution is -0.119. The van der Waals surface area contributed by atoms with E-state index >= 15 is 0 Å². The van der Waals surface area contributed by atoms with Crippen molar-refractivity contribution in [1.82, 2.24) is 9.78 Å². The summed E-state index contributed by atoms with van der Waals surface area (Å²) in [7, 11) is 0. The first-order valence-corrected chi connectivity index (χ1v) is 5.68. The Morgan fingerprint density at radius 2 is 2.27 bits per heavy atom. The smallest absolute Gasteiger partial charge is 0.137 e. The minimum Gasteiger partial charge on any atom is -0.299 e. The van der Waals surface area contributed by atoms with Crippen LogP contribution in [-0.4, -0.2) is 15.6 Å². The van der Waals surface area contributed by atoms with E-state index in [1.165, 1.54) is 0 Å². The minimum atomic E-state index is 0.319. The van der Waals surface area contributed by atoms with Crippen molar-refractivity contribution in [3.8, 4) is 0 Å². The van der Waals surface area contributed by atoms with Gasteiger partial charge in [0, 0.05) is 25.6 Å². The average Bonchev–Trinajstić information content (AvgIpc) is 2.65. The Morgan fingerprint density at radius 3 is 2.80 bits per heavy atom. The van der Waals surface area contributed by atoms with E-state index < -0.39 is 0 Å². The summed E-state index contributed by atoms with van der Waals surface area (Å²) in [5, 5.41) is 4.15. The molecule has 0 fully saturated rings. The third-order valence-corrected chi connectivity index (χ3v) is 2.69. The molecule has 84 valence electrons. The highest BCUT2D eigenvalue weighted by atomic mass is 16.1. The van der Waals surface area contributed by atoms with Crippen LogP contribution in [0.1, 0.15) is 39.2 Å². The molecule has 3 nitrogen and oxygen atoms in total. The standard InChI is InChI=1S/C12H20N2O/c1-4-10(3)6-12(15)7-11-8-13-14(5-2)9-11/h8-10H,4-7H2,1-3H3. The third-order valence-electron chi connectivity index (χ3n) is 2.69. The lowest BCUT2D eigenvalue weighted by Crippen LogP contribution is -2.07. The van der Waals surface area contributed by atoms with Crippen molar-refractivity contribution in [2.45, 2.75) is 46.6 Å². The van der Waals surface area contributed by atoms with E-state index in [1.54, 1.807) is 6.20 Å². The normalized spacial score (nSPS) is 12.7. The second kappa shape index (κ2) is 5.69. The molecule has 1 aromatic heterocycles. The van der Waals surface area contributed by atoms with Crippen LogP contribution in [0.15, 0.2) is 12.4 Å². The molecule has 0 spiro atoms. The summed E-state index contributed by atoms with van der Waals surface area (Å²) >= 11 is 0. The molecule has 0 aliphatic rings. The number of rotatable bonds is 6. The molecule has 3 heteroatoms. The van der Waals surface area contributed by atoms with Gasteiger partial charge in [0.25, 0.3) is 0 Å². The monoisotopic (exact) mass is 208 g/mol. The van der Waals surface area contributed by atoms with Crippen LogP contribution < -0.4 is 0 Å². The first-order valence-electron chi connectivity index (χ1n) is 5.68. The van der Waals surface area contributed by atoms with Gasteiger partial charge in [0.15, 0.2) is 0 Å². The number of hydrogen-bond acceptors (Lipinski definition) is 2. The predicted octanol–water partition coefficient (Wildman–Crippen LogP) is 2.45. The van der Waals surface area contributed by atoms with Gasteiger partial charge in [-0.25, -0.2) is 0 Å². The van der Waals surface area contributed by atoms with E-state index in [1.807, 2.05) is 17.8 Å². The van der Waals surface area contributed by atoms with Gasteiger partial charge in [-0.05, 0) is 18.4 Å². The lowest BCUT2D eigenvalue weighted by atomic mass is 9.99. The fourth-order valence-electron chi connectivity index (χ4n) is 1.50. The van der Waals surface area contributed by atoms with E-state index in [2.05, 4.69) is 18.9 Å². The number of aryl methyl sites for hydroxylation is 1. The summed E-state index contributed by atoms with van der Waals surface area (Å²) in [5.74, 6) is 0.818. The first-order chi connectivity index (χ1) is 7.15. The number of hydrogen-bond donors (Lipinski definition) is 0. The Labute approximate surface area is 91.5 Å². The molecule has 0 saturated heterocycles. The van der Waals surface area contributed by atoms with Crippen molar-refractivity contribution in [2.75, 3.05) is 0 Å². The second-order valence-electron chi connectivity index (χ2n) is 4.14. The summed E-state index contributed by atoms with van der Waals surface area (Å²) in [5.41, 5.74) is 1.03. The Balaban J connectivity index is 2.44. The van der Waals surface area contributed by atoms with E-state index in [4.69, 9.17) is 0 Å². The quantitative estimate of drug-likeness (QED) is 0.719. The zero-order valence-electron chi connectivity index (χ0n) is 9.86. The summed E-state index contributed by atoms with van der Waals surface area (Å²) in [6, 6.07) is 0. The Kier molecular flexibility index (Phi) is 4.53. The van der Waals surface area contributed by atoms with Crippen molar-refractivity contribution < 1.29 is 4.79 Å². The molecular formula is C12H20N2O. The topological polar surface area (TPSA) is 34.9 Å². The van der Waals surface area contributed by atoms with E-state index in [0.717, 1.165) is 18.5 Å². The van der Waals surface area contributed by atoms with Crippen LogP contribution in [-0.2, 0) is 17.8 Å². The molecular weight excluding hydrogens is 188 g/mol. The largest absolute Gasteiger partial charge is 0.299 e. The van der Waals surface area contributed by atoms with Crippen molar-refractivity contribution >= 4 is 5.78 Å². The molecule has 15 heavy (non-hydrogen) atoms. The molecule has 0 aliphatic carbocycles. The Hall–Kier alpha value is -1.12. The third kappa shape index (κ3) is 3.86. The van der Waals surface area contributed by atoms with Crippen LogP contribution in [0.3, 0.4) is 0 Å². The van der Waals surface area contributed by atoms with E-state index in [-0.39, 0.29) is 0 Å². The molecule has 1 rings (SSSR count). The molecule has 1 heterocycles. The number of Topliss-reactive ketones (excluding diaryl/α,β-unsaturated/α-hetero) is 1. The molecule has 0 radical (unpaired) electrons. The molecule has 1 aromatic rings. The van der Waals surface area contributed by atoms with Crippen LogP contribution in [0.5, 0.6) is 0 Å². The van der Waals surface area contributed by atoms with Crippen LogP contribution in [0.2, 0.25) is 0 Å². The molecule has 1 unspecified atom stereocenters. The van der Waals surface area contributed by atoms with Gasteiger partial charge in [0.05, 0.1) is 6.20 Å². The SMILES string of the molecule is CCC(C)CC(=O)Cc1cnn(CC)c1. The van der Waals surface area contributed by atoms with Gasteiger partial charge in [0.2, 0.25) is 0 Å². The van der Waals surface area contributed by atoms with Gasteiger partial charge in [-0.1, -0.05) is 20.3 Å². The fourth-order valence-corrected chi connectivity index (χ4v) is 1.50. The van der Waals surface area contributed by atoms with Crippen molar-refractivity contribution in [3.05, 3.63) is 18.0 Å². The zero-order chi connectivity index (χ0) is 11.3. The van der Waals surface area contributed by atoms with Crippen LogP contribution in [0.25, 0.3) is 0 Å². The molecule has 0 amide bonds. The van der Waals surface area contributed by atoms with Crippen LogP contribution >= 0.6 is 0 Å². The van der Waals surface area contributed by atoms with Crippen molar-refractivity contribution in [3.63, 3.8) is 0 Å². The van der Waals surface area contributed by atoms with Gasteiger partial charge in [0.1, 0.15) is 5.78 Å². The summed E-state index contributed by atoms with van der Waals surface area (Å²) in [4.78, 5) is 11.6. The maximum absolute atomic E-state index is 11.6. The highest BCUT2D eigenvalue weighted by Gasteiger charge is 2.09. The highest BCUT2D eigenvalue weighted by Crippen LogP contribution is 2.09. The highest BCUT2D eigenvalue weighted by molar-refractivity contribution is 5.80. The minimum absolute atomic E-state index is 0.319. The Bertz CT molecular complexity index is 317. The van der Waals surface area contributed by atoms with Gasteiger partial charge >= 0.3 is 0 Å². The van der Waals surface area contributed by atoms with E-state index in [9.17, 15) is 4.79 Å². The lowest BCUT2D eigenvalue weighted by Gasteiger charge is -2.05. The van der Waals surface area contributed by atoms with Gasteiger partial charge in [-0.15, -0.1) is 0 Å². The summed E-state index contributed by atoms with van der Waals surface area (Å²) in [6.07, 6.45) is 6.03. The average molecular weight is 208 g/mol. The molecule has 0 saturated carbocycles. The van der Waals surface area contributed by atoms with Crippen LogP contribution in [0.4, 0.5) is 0 Å². The van der Waals surface area contributed by atoms with Gasteiger partial charge < -0.3 is 0 Å². The first kappa shape index (κ1) is 12.0. The predicted molar refractivity (Wildman–Crippen MR) is 60.7 cm³/mol. The molecule has 0 bridgehead atoms. The Morgan fingerprint density at radius 1 is 1.53 bits per heavy atom. The maximum atomic E-state index is 11.6. The summed E-state index contributed by atoms with van der Waals surface area (Å²) in [6.45, 7) is 7.14. The van der Waals surface area contributed by atoms with E-state index in [0.29, 0.717) is 24.5 Å². The fraction of sp³-hybridized carbons (Fsp3) is 0.667. The second-order valence-corrected chi connectivity index (χ2v) is 4.14. The molecule has 0 aromatic carbocycles. The number of aromatic nitrogens is 2. The number of carbonyl (C=O) groups excluding carboxylic acids is 1. The number of nitrogens with zero attached hydrogens (tertiary/aromatic N) is 2. The maximum Gasteiger partial charge on any atom is 0.137 e.